The highest BCUT2D eigenvalue weighted by atomic mass is 16.1. The second kappa shape index (κ2) is 7.87. The Labute approximate surface area is 121 Å². The molecule has 0 aliphatic rings. The number of hydrogen-bond acceptors (Lipinski definition) is 4. The summed E-state index contributed by atoms with van der Waals surface area (Å²) >= 11 is 0. The van der Waals surface area contributed by atoms with Crippen molar-refractivity contribution in [2.24, 2.45) is 5.84 Å². The standard InChI is InChI=1S/C15H26N4O/c1-11(2)19(12(3)4)10-9-17-15(20)13-7-5-6-8-14(13)18-16/h5-8,11-12,18H,9-10,16H2,1-4H3,(H,17,20). The van der Waals surface area contributed by atoms with Crippen molar-refractivity contribution >= 4 is 11.6 Å². The van der Waals surface area contributed by atoms with Crippen molar-refractivity contribution in [2.75, 3.05) is 18.5 Å². The highest BCUT2D eigenvalue weighted by Crippen LogP contribution is 2.13. The summed E-state index contributed by atoms with van der Waals surface area (Å²) in [7, 11) is 0. The van der Waals surface area contributed by atoms with Crippen LogP contribution < -0.4 is 16.6 Å². The summed E-state index contributed by atoms with van der Waals surface area (Å²) in [5, 5.41) is 2.94. The van der Waals surface area contributed by atoms with E-state index in [0.29, 0.717) is 29.9 Å². The number of para-hydroxylation sites is 1. The maximum absolute atomic E-state index is 12.1. The van der Waals surface area contributed by atoms with Crippen LogP contribution in [0.5, 0.6) is 0 Å². The molecule has 0 aromatic heterocycles. The highest BCUT2D eigenvalue weighted by molar-refractivity contribution is 5.99. The van der Waals surface area contributed by atoms with Gasteiger partial charge in [-0.2, -0.15) is 0 Å². The smallest absolute Gasteiger partial charge is 0.253 e. The largest absolute Gasteiger partial charge is 0.351 e. The molecule has 0 aliphatic carbocycles. The first-order chi connectivity index (χ1) is 9.47. The lowest BCUT2D eigenvalue weighted by atomic mass is 10.1. The van der Waals surface area contributed by atoms with Crippen LogP contribution in [0.3, 0.4) is 0 Å². The lowest BCUT2D eigenvalue weighted by molar-refractivity contribution is 0.0940. The van der Waals surface area contributed by atoms with Crippen molar-refractivity contribution in [1.82, 2.24) is 10.2 Å². The van der Waals surface area contributed by atoms with E-state index in [0.717, 1.165) is 6.54 Å². The van der Waals surface area contributed by atoms with Crippen LogP contribution in [0, 0.1) is 0 Å². The third-order valence-electron chi connectivity index (χ3n) is 3.31. The molecule has 20 heavy (non-hydrogen) atoms. The number of hydrazine groups is 1. The van der Waals surface area contributed by atoms with Gasteiger partial charge in [0, 0.05) is 25.2 Å². The van der Waals surface area contributed by atoms with E-state index < -0.39 is 0 Å². The van der Waals surface area contributed by atoms with Gasteiger partial charge >= 0.3 is 0 Å². The summed E-state index contributed by atoms with van der Waals surface area (Å²) in [5.74, 6) is 5.30. The van der Waals surface area contributed by atoms with Crippen LogP contribution in [0.25, 0.3) is 0 Å². The van der Waals surface area contributed by atoms with Gasteiger partial charge in [-0.25, -0.2) is 0 Å². The first kappa shape index (κ1) is 16.5. The molecule has 1 aromatic carbocycles. The van der Waals surface area contributed by atoms with Crippen molar-refractivity contribution < 1.29 is 4.79 Å². The molecule has 0 unspecified atom stereocenters. The Morgan fingerprint density at radius 2 is 1.80 bits per heavy atom. The number of anilines is 1. The van der Waals surface area contributed by atoms with E-state index in [4.69, 9.17) is 5.84 Å². The SMILES string of the molecule is CC(C)N(CCNC(=O)c1ccccc1NN)C(C)C. The maximum atomic E-state index is 12.1. The van der Waals surface area contributed by atoms with Gasteiger partial charge < -0.3 is 10.7 Å². The van der Waals surface area contributed by atoms with E-state index >= 15 is 0 Å². The van der Waals surface area contributed by atoms with Gasteiger partial charge in [-0.3, -0.25) is 15.5 Å². The molecule has 0 saturated heterocycles. The first-order valence-electron chi connectivity index (χ1n) is 7.07. The Bertz CT molecular complexity index is 424. The van der Waals surface area contributed by atoms with Crippen LogP contribution in [0.1, 0.15) is 38.1 Å². The molecule has 0 fully saturated rings. The third kappa shape index (κ3) is 4.51. The number of carbonyl (C=O) groups excluding carboxylic acids is 1. The van der Waals surface area contributed by atoms with Gasteiger partial charge in [0.1, 0.15) is 0 Å². The molecule has 0 atom stereocenters. The van der Waals surface area contributed by atoms with Crippen molar-refractivity contribution in [3.05, 3.63) is 29.8 Å². The predicted molar refractivity (Wildman–Crippen MR) is 83.6 cm³/mol. The number of nitrogen functional groups attached to an aromatic ring is 1. The molecule has 1 aromatic rings. The number of nitrogens with two attached hydrogens (primary N) is 1. The van der Waals surface area contributed by atoms with Gasteiger partial charge in [0.25, 0.3) is 5.91 Å². The molecule has 5 heteroatoms. The summed E-state index contributed by atoms with van der Waals surface area (Å²) in [5.41, 5.74) is 3.74. The lowest BCUT2D eigenvalue weighted by Gasteiger charge is -2.30. The average Bonchev–Trinajstić information content (AvgIpc) is 2.42. The van der Waals surface area contributed by atoms with E-state index in [1.54, 1.807) is 12.1 Å². The monoisotopic (exact) mass is 278 g/mol. The van der Waals surface area contributed by atoms with E-state index in [-0.39, 0.29) is 5.91 Å². The van der Waals surface area contributed by atoms with Crippen molar-refractivity contribution in [2.45, 2.75) is 39.8 Å². The van der Waals surface area contributed by atoms with Crippen LogP contribution in [0.4, 0.5) is 5.69 Å². The highest BCUT2D eigenvalue weighted by Gasteiger charge is 2.14. The molecule has 5 nitrogen and oxygen atoms in total. The summed E-state index contributed by atoms with van der Waals surface area (Å²) in [6, 6.07) is 8.13. The molecule has 0 saturated carbocycles. The van der Waals surface area contributed by atoms with Crippen molar-refractivity contribution in [1.29, 1.82) is 0 Å². The van der Waals surface area contributed by atoms with E-state index in [2.05, 4.69) is 43.3 Å². The Hall–Kier alpha value is -1.59. The number of nitrogens with zero attached hydrogens (tertiary/aromatic N) is 1. The van der Waals surface area contributed by atoms with E-state index in [1.165, 1.54) is 0 Å². The zero-order valence-electron chi connectivity index (χ0n) is 12.8. The van der Waals surface area contributed by atoms with E-state index in [1.807, 2.05) is 12.1 Å². The average molecular weight is 278 g/mol. The summed E-state index contributed by atoms with van der Waals surface area (Å²) in [6.07, 6.45) is 0. The normalized spacial score (nSPS) is 11.2. The molecule has 0 aliphatic heterocycles. The topological polar surface area (TPSA) is 70.4 Å². The second-order valence-corrected chi connectivity index (χ2v) is 5.37. The van der Waals surface area contributed by atoms with Gasteiger partial charge in [-0.1, -0.05) is 12.1 Å². The Morgan fingerprint density at radius 3 is 2.35 bits per heavy atom. The number of carbonyl (C=O) groups is 1. The van der Waals surface area contributed by atoms with Gasteiger partial charge in [0.2, 0.25) is 0 Å². The molecule has 1 amide bonds. The molecule has 0 radical (unpaired) electrons. The van der Waals surface area contributed by atoms with Crippen LogP contribution in [0.2, 0.25) is 0 Å². The molecule has 0 spiro atoms. The minimum absolute atomic E-state index is 0.106. The van der Waals surface area contributed by atoms with Gasteiger partial charge in [-0.05, 0) is 39.8 Å². The molecule has 0 heterocycles. The minimum Gasteiger partial charge on any atom is -0.351 e. The number of nitrogens with one attached hydrogen (secondary N) is 2. The van der Waals surface area contributed by atoms with Crippen molar-refractivity contribution in [3.63, 3.8) is 0 Å². The summed E-state index contributed by atoms with van der Waals surface area (Å²) in [6.45, 7) is 10.1. The molecular formula is C15H26N4O. The zero-order chi connectivity index (χ0) is 15.1. The van der Waals surface area contributed by atoms with Crippen LogP contribution in [-0.4, -0.2) is 36.0 Å². The fourth-order valence-corrected chi connectivity index (χ4v) is 2.31. The fourth-order valence-electron chi connectivity index (χ4n) is 2.31. The second-order valence-electron chi connectivity index (χ2n) is 5.37. The Kier molecular flexibility index (Phi) is 6.48. The summed E-state index contributed by atoms with van der Waals surface area (Å²) < 4.78 is 0. The molecule has 4 N–H and O–H groups in total. The zero-order valence-corrected chi connectivity index (χ0v) is 12.8. The third-order valence-corrected chi connectivity index (χ3v) is 3.31. The molecule has 112 valence electrons. The number of rotatable bonds is 7. The van der Waals surface area contributed by atoms with Crippen LogP contribution in [0.15, 0.2) is 24.3 Å². The predicted octanol–water partition coefficient (Wildman–Crippen LogP) is 1.82. The maximum Gasteiger partial charge on any atom is 0.253 e. The summed E-state index contributed by atoms with van der Waals surface area (Å²) in [4.78, 5) is 14.5. The lowest BCUT2D eigenvalue weighted by Crippen LogP contribution is -2.42. The van der Waals surface area contributed by atoms with Gasteiger partial charge in [0.05, 0.1) is 11.3 Å². The number of amides is 1. The minimum atomic E-state index is -0.106. The Morgan fingerprint density at radius 1 is 1.20 bits per heavy atom. The van der Waals surface area contributed by atoms with E-state index in [9.17, 15) is 4.79 Å². The number of benzene rings is 1. The molecular weight excluding hydrogens is 252 g/mol. The van der Waals surface area contributed by atoms with Crippen LogP contribution in [-0.2, 0) is 0 Å². The molecule has 0 bridgehead atoms. The van der Waals surface area contributed by atoms with Crippen LogP contribution >= 0.6 is 0 Å². The first-order valence-corrected chi connectivity index (χ1v) is 7.07. The number of hydrogen-bond donors (Lipinski definition) is 3. The quantitative estimate of drug-likeness (QED) is 0.525. The van der Waals surface area contributed by atoms with Gasteiger partial charge in [0.15, 0.2) is 0 Å². The fraction of sp³-hybridized carbons (Fsp3) is 0.533. The molecule has 1 rings (SSSR count). The van der Waals surface area contributed by atoms with Crippen molar-refractivity contribution in [3.8, 4) is 0 Å². The Balaban J connectivity index is 2.55. The van der Waals surface area contributed by atoms with Gasteiger partial charge in [-0.15, -0.1) is 0 Å².